The van der Waals surface area contributed by atoms with E-state index in [4.69, 9.17) is 0 Å². The van der Waals surface area contributed by atoms with Crippen LogP contribution < -0.4 is 0 Å². The van der Waals surface area contributed by atoms with Gasteiger partial charge in [-0.3, -0.25) is 0 Å². The molecule has 0 aliphatic carbocycles. The van der Waals surface area contributed by atoms with Gasteiger partial charge in [-0.1, -0.05) is 0 Å². The molecule has 0 spiro atoms. The quantitative estimate of drug-likeness (QED) is 0.466. The molecule has 1 aliphatic heterocycles. The van der Waals surface area contributed by atoms with Crippen molar-refractivity contribution in [3.8, 4) is 0 Å². The second kappa shape index (κ2) is 2.11. The molecular weight excluding hydrogens is 228 g/mol. The molecule has 1 heterocycles. The first-order valence-corrected chi connectivity index (χ1v) is 4.02. The third-order valence-corrected chi connectivity index (χ3v) is 2.68. The number of sulfonamides is 1. The van der Waals surface area contributed by atoms with Crippen molar-refractivity contribution in [2.45, 2.75) is 17.2 Å². The summed E-state index contributed by atoms with van der Waals surface area (Å²) in [7, 11) is -6.15. The minimum atomic E-state index is -6.15. The first kappa shape index (κ1) is 10.6. The topological polar surface area (TPSA) is 48.2 Å². The van der Waals surface area contributed by atoms with Crippen molar-refractivity contribution in [3.05, 3.63) is 4.72 Å². The van der Waals surface area contributed by atoms with Crippen molar-refractivity contribution in [2.75, 3.05) is 0 Å². The molecule has 1 fully saturated rings. The van der Waals surface area contributed by atoms with Crippen molar-refractivity contribution in [2.24, 2.45) is 0 Å². The molecule has 0 saturated carbocycles. The summed E-state index contributed by atoms with van der Waals surface area (Å²) in [6, 6.07) is -5.59. The molecule has 0 amide bonds. The molecule has 0 bridgehead atoms. The zero-order valence-electron chi connectivity index (χ0n) is 5.44. The molecule has 1 saturated heterocycles. The highest BCUT2D eigenvalue weighted by atomic mass is 32.2. The molecule has 1 rings (SSSR count). The van der Waals surface area contributed by atoms with Gasteiger partial charge in [0, 0.05) is 0 Å². The standard InChI is InChI=1S/C3F6NO2S/c4-1(5)2(6,7)10-13(11,12)3(1,8)9/q-1. The summed E-state index contributed by atoms with van der Waals surface area (Å²) in [6.07, 6.45) is 0. The Morgan fingerprint density at radius 1 is 0.923 bits per heavy atom. The highest BCUT2D eigenvalue weighted by Gasteiger charge is 2.77. The number of halogens is 6. The van der Waals surface area contributed by atoms with E-state index in [1.54, 1.807) is 0 Å². The normalized spacial score (nSPS) is 33.1. The van der Waals surface area contributed by atoms with E-state index in [0.717, 1.165) is 4.72 Å². The van der Waals surface area contributed by atoms with Crippen LogP contribution in [0, 0.1) is 0 Å². The molecule has 10 heteroatoms. The van der Waals surface area contributed by atoms with E-state index in [1.807, 2.05) is 0 Å². The molecule has 1 aliphatic rings. The summed E-state index contributed by atoms with van der Waals surface area (Å²) in [6.45, 7) is 0. The predicted octanol–water partition coefficient (Wildman–Crippen LogP) is 1.52. The molecule has 0 atom stereocenters. The van der Waals surface area contributed by atoms with Crippen molar-refractivity contribution in [3.63, 3.8) is 0 Å². The lowest BCUT2D eigenvalue weighted by molar-refractivity contribution is -0.249. The van der Waals surface area contributed by atoms with Gasteiger partial charge in [0.1, 0.15) is 10.0 Å². The van der Waals surface area contributed by atoms with E-state index in [-0.39, 0.29) is 0 Å². The third kappa shape index (κ3) is 0.980. The Balaban J connectivity index is 3.42. The van der Waals surface area contributed by atoms with Crippen LogP contribution in [0.1, 0.15) is 0 Å². The average Bonchev–Trinajstić information content (AvgIpc) is 1.88. The predicted molar refractivity (Wildman–Crippen MR) is 27.1 cm³/mol. The van der Waals surface area contributed by atoms with Crippen LogP contribution in [-0.4, -0.2) is 25.6 Å². The number of hydrogen-bond donors (Lipinski definition) is 0. The van der Waals surface area contributed by atoms with Crippen LogP contribution in [0.2, 0.25) is 0 Å². The molecule has 0 aromatic carbocycles. The Morgan fingerprint density at radius 2 is 1.31 bits per heavy atom. The summed E-state index contributed by atoms with van der Waals surface area (Å²) >= 11 is 0. The van der Waals surface area contributed by atoms with Crippen molar-refractivity contribution >= 4 is 10.0 Å². The molecular formula is C3F6NO2S-. The van der Waals surface area contributed by atoms with Crippen LogP contribution in [0.4, 0.5) is 26.3 Å². The summed E-state index contributed by atoms with van der Waals surface area (Å²) in [5.74, 6) is -6.00. The van der Waals surface area contributed by atoms with Gasteiger partial charge >= 0.3 is 11.2 Å². The molecule has 0 aromatic heterocycles. The molecule has 13 heavy (non-hydrogen) atoms. The summed E-state index contributed by atoms with van der Waals surface area (Å²) in [5.41, 5.74) is 0. The maximum absolute atomic E-state index is 12.1. The van der Waals surface area contributed by atoms with Gasteiger partial charge in [0.2, 0.25) is 0 Å². The molecule has 0 N–H and O–H groups in total. The Kier molecular flexibility index (Phi) is 1.71. The van der Waals surface area contributed by atoms with Gasteiger partial charge in [0.25, 0.3) is 6.05 Å². The Morgan fingerprint density at radius 3 is 1.38 bits per heavy atom. The zero-order chi connectivity index (χ0) is 10.7. The summed E-state index contributed by atoms with van der Waals surface area (Å²) in [5, 5.41) is -5.86. The second-order valence-electron chi connectivity index (χ2n) is 2.20. The van der Waals surface area contributed by atoms with Gasteiger partial charge in [-0.25, -0.2) is 17.2 Å². The zero-order valence-corrected chi connectivity index (χ0v) is 6.26. The lowest BCUT2D eigenvalue weighted by Crippen LogP contribution is -2.47. The van der Waals surface area contributed by atoms with Crippen LogP contribution in [0.5, 0.6) is 0 Å². The van der Waals surface area contributed by atoms with Gasteiger partial charge in [-0.15, -0.1) is 0 Å². The number of hydrogen-bond acceptors (Lipinski definition) is 2. The van der Waals surface area contributed by atoms with Crippen molar-refractivity contribution in [1.29, 1.82) is 0 Å². The summed E-state index contributed by atoms with van der Waals surface area (Å²) in [4.78, 5) is 0. The van der Waals surface area contributed by atoms with E-state index < -0.39 is 27.2 Å². The fourth-order valence-electron chi connectivity index (χ4n) is 0.603. The maximum Gasteiger partial charge on any atom is 0.395 e. The van der Waals surface area contributed by atoms with Crippen LogP contribution in [0.25, 0.3) is 4.72 Å². The Hall–Kier alpha value is -0.510. The molecule has 78 valence electrons. The molecule has 0 aromatic rings. The fraction of sp³-hybridized carbons (Fsp3) is 1.00. The van der Waals surface area contributed by atoms with E-state index in [9.17, 15) is 34.8 Å². The van der Waals surface area contributed by atoms with E-state index in [2.05, 4.69) is 0 Å². The third-order valence-electron chi connectivity index (χ3n) is 1.30. The molecule has 0 unspecified atom stereocenters. The smallest absolute Gasteiger partial charge is 0.395 e. The van der Waals surface area contributed by atoms with Crippen LogP contribution in [-0.2, 0) is 10.0 Å². The number of rotatable bonds is 0. The van der Waals surface area contributed by atoms with Crippen LogP contribution in [0.15, 0.2) is 0 Å². The lowest BCUT2D eigenvalue weighted by atomic mass is 10.3. The highest BCUT2D eigenvalue weighted by Crippen LogP contribution is 2.59. The van der Waals surface area contributed by atoms with Crippen molar-refractivity contribution < 1.29 is 34.8 Å². The Labute approximate surface area is 67.8 Å². The SMILES string of the molecule is O=S1(=O)[N-]C(F)(F)C(F)(F)C1(F)F. The second-order valence-corrected chi connectivity index (χ2v) is 3.84. The fourth-order valence-corrected chi connectivity index (χ4v) is 1.58. The number of alkyl halides is 6. The largest absolute Gasteiger partial charge is 0.476 e. The highest BCUT2D eigenvalue weighted by molar-refractivity contribution is 7.95. The van der Waals surface area contributed by atoms with E-state index in [1.165, 1.54) is 0 Å². The van der Waals surface area contributed by atoms with Gasteiger partial charge in [0.15, 0.2) is 0 Å². The lowest BCUT2D eigenvalue weighted by Gasteiger charge is -2.25. The van der Waals surface area contributed by atoms with Gasteiger partial charge in [-0.05, 0) is 0 Å². The van der Waals surface area contributed by atoms with E-state index >= 15 is 0 Å². The van der Waals surface area contributed by atoms with Crippen LogP contribution in [0.3, 0.4) is 0 Å². The van der Waals surface area contributed by atoms with Crippen molar-refractivity contribution in [1.82, 2.24) is 0 Å². The summed E-state index contributed by atoms with van der Waals surface area (Å²) < 4.78 is 93.3. The number of nitrogens with zero attached hydrogens (tertiary/aromatic N) is 1. The Bertz CT molecular complexity index is 334. The maximum atomic E-state index is 12.1. The van der Waals surface area contributed by atoms with Gasteiger partial charge in [-0.2, -0.15) is 17.6 Å². The van der Waals surface area contributed by atoms with Gasteiger partial charge in [0.05, 0.1) is 0 Å². The minimum Gasteiger partial charge on any atom is -0.476 e. The van der Waals surface area contributed by atoms with Gasteiger partial charge < -0.3 is 4.72 Å². The minimum absolute atomic E-state index is 1.10. The molecule has 3 nitrogen and oxygen atoms in total. The monoisotopic (exact) mass is 228 g/mol. The molecule has 0 radical (unpaired) electrons. The van der Waals surface area contributed by atoms with E-state index in [0.29, 0.717) is 0 Å². The first-order chi connectivity index (χ1) is 5.46. The average molecular weight is 228 g/mol. The first-order valence-electron chi connectivity index (χ1n) is 2.58. The van der Waals surface area contributed by atoms with Crippen LogP contribution >= 0.6 is 0 Å².